The third-order valence-electron chi connectivity index (χ3n) is 4.12. The number of methoxy groups -OCH3 is 1. The topological polar surface area (TPSA) is 29.5 Å². The van der Waals surface area contributed by atoms with Crippen LogP contribution in [0.1, 0.15) is 45.4 Å². The largest absolute Gasteiger partial charge is 0.383 e. The molecule has 0 spiro atoms. The Kier molecular flexibility index (Phi) is 4.43. The lowest BCUT2D eigenvalue weighted by Crippen LogP contribution is -2.41. The SMILES string of the molecule is COCCN(C(=O)CC1CC1)[C@H]1CC[C@H](C)C1. The van der Waals surface area contributed by atoms with E-state index in [9.17, 15) is 4.79 Å². The number of hydrogen-bond acceptors (Lipinski definition) is 2. The summed E-state index contributed by atoms with van der Waals surface area (Å²) in [5.41, 5.74) is 0. The van der Waals surface area contributed by atoms with Crippen LogP contribution in [0, 0.1) is 11.8 Å². The first kappa shape index (κ1) is 12.9. The summed E-state index contributed by atoms with van der Waals surface area (Å²) in [7, 11) is 1.71. The summed E-state index contributed by atoms with van der Waals surface area (Å²) in [5, 5.41) is 0. The standard InChI is InChI=1S/C14H25NO2/c1-11-3-6-13(9-11)15(7-8-17-2)14(16)10-12-4-5-12/h11-13H,3-10H2,1-2H3/t11-,13-/m0/s1. The average molecular weight is 239 g/mol. The summed E-state index contributed by atoms with van der Waals surface area (Å²) in [5.74, 6) is 1.83. The molecule has 0 bridgehead atoms. The number of rotatable bonds is 6. The first-order chi connectivity index (χ1) is 8.20. The fraction of sp³-hybridized carbons (Fsp3) is 0.929. The Morgan fingerprint density at radius 3 is 2.59 bits per heavy atom. The molecule has 98 valence electrons. The quantitative estimate of drug-likeness (QED) is 0.712. The molecular weight excluding hydrogens is 214 g/mol. The smallest absolute Gasteiger partial charge is 0.223 e. The van der Waals surface area contributed by atoms with Crippen molar-refractivity contribution in [3.05, 3.63) is 0 Å². The predicted octanol–water partition coefficient (Wildman–Crippen LogP) is 2.45. The molecule has 0 unspecified atom stereocenters. The van der Waals surface area contributed by atoms with Gasteiger partial charge >= 0.3 is 0 Å². The van der Waals surface area contributed by atoms with Crippen LogP contribution in [0.5, 0.6) is 0 Å². The van der Waals surface area contributed by atoms with Crippen molar-refractivity contribution < 1.29 is 9.53 Å². The van der Waals surface area contributed by atoms with Gasteiger partial charge in [0.1, 0.15) is 0 Å². The Hall–Kier alpha value is -0.570. The lowest BCUT2D eigenvalue weighted by atomic mass is 10.1. The molecule has 2 atom stereocenters. The third-order valence-corrected chi connectivity index (χ3v) is 4.12. The molecule has 0 aromatic rings. The van der Waals surface area contributed by atoms with Crippen LogP contribution in [-0.4, -0.2) is 37.1 Å². The molecule has 2 aliphatic rings. The molecule has 0 aliphatic heterocycles. The maximum Gasteiger partial charge on any atom is 0.223 e. The van der Waals surface area contributed by atoms with E-state index >= 15 is 0 Å². The average Bonchev–Trinajstić information content (AvgIpc) is 3.00. The molecule has 17 heavy (non-hydrogen) atoms. The highest BCUT2D eigenvalue weighted by molar-refractivity contribution is 5.77. The van der Waals surface area contributed by atoms with Crippen LogP contribution in [-0.2, 0) is 9.53 Å². The minimum Gasteiger partial charge on any atom is -0.383 e. The van der Waals surface area contributed by atoms with Crippen LogP contribution in [0.3, 0.4) is 0 Å². The summed E-state index contributed by atoms with van der Waals surface area (Å²) in [6.07, 6.45) is 6.91. The van der Waals surface area contributed by atoms with Gasteiger partial charge in [-0.25, -0.2) is 0 Å². The number of carbonyl (C=O) groups excluding carboxylic acids is 1. The first-order valence-electron chi connectivity index (χ1n) is 6.99. The van der Waals surface area contributed by atoms with Gasteiger partial charge in [-0.05, 0) is 43.9 Å². The van der Waals surface area contributed by atoms with Gasteiger partial charge in [-0.2, -0.15) is 0 Å². The van der Waals surface area contributed by atoms with Crippen molar-refractivity contribution in [2.45, 2.75) is 51.5 Å². The Morgan fingerprint density at radius 1 is 1.29 bits per heavy atom. The zero-order chi connectivity index (χ0) is 12.3. The van der Waals surface area contributed by atoms with Gasteiger partial charge in [0.25, 0.3) is 0 Å². The fourth-order valence-corrected chi connectivity index (χ4v) is 2.85. The molecule has 3 heteroatoms. The Bertz CT molecular complexity index is 263. The maximum atomic E-state index is 12.3. The molecule has 2 saturated carbocycles. The molecule has 0 heterocycles. The molecule has 2 aliphatic carbocycles. The van der Waals surface area contributed by atoms with Crippen molar-refractivity contribution in [1.29, 1.82) is 0 Å². The van der Waals surface area contributed by atoms with Crippen molar-refractivity contribution in [3.8, 4) is 0 Å². The van der Waals surface area contributed by atoms with E-state index in [4.69, 9.17) is 4.74 Å². The van der Waals surface area contributed by atoms with E-state index in [1.165, 1.54) is 32.1 Å². The van der Waals surface area contributed by atoms with Crippen molar-refractivity contribution in [3.63, 3.8) is 0 Å². The second-order valence-corrected chi connectivity index (χ2v) is 5.80. The molecule has 2 rings (SSSR count). The van der Waals surface area contributed by atoms with Gasteiger partial charge in [0.2, 0.25) is 5.91 Å². The van der Waals surface area contributed by atoms with Crippen LogP contribution in [0.4, 0.5) is 0 Å². The number of carbonyl (C=O) groups is 1. The van der Waals surface area contributed by atoms with E-state index < -0.39 is 0 Å². The van der Waals surface area contributed by atoms with E-state index in [0.717, 1.165) is 18.9 Å². The lowest BCUT2D eigenvalue weighted by Gasteiger charge is -2.29. The van der Waals surface area contributed by atoms with Gasteiger partial charge in [0, 0.05) is 26.1 Å². The second kappa shape index (κ2) is 5.85. The minimum atomic E-state index is 0.364. The Morgan fingerprint density at radius 2 is 2.06 bits per heavy atom. The van der Waals surface area contributed by atoms with Gasteiger partial charge in [-0.1, -0.05) is 6.92 Å². The monoisotopic (exact) mass is 239 g/mol. The van der Waals surface area contributed by atoms with E-state index in [1.807, 2.05) is 0 Å². The molecule has 1 amide bonds. The highest BCUT2D eigenvalue weighted by Gasteiger charge is 2.32. The lowest BCUT2D eigenvalue weighted by molar-refractivity contribution is -0.134. The first-order valence-corrected chi connectivity index (χ1v) is 6.99. The molecule has 0 N–H and O–H groups in total. The number of nitrogens with zero attached hydrogens (tertiary/aromatic N) is 1. The third kappa shape index (κ3) is 3.70. The van der Waals surface area contributed by atoms with Gasteiger partial charge in [-0.3, -0.25) is 4.79 Å². The van der Waals surface area contributed by atoms with Crippen LogP contribution in [0.2, 0.25) is 0 Å². The van der Waals surface area contributed by atoms with Gasteiger partial charge in [-0.15, -0.1) is 0 Å². The number of amides is 1. The van der Waals surface area contributed by atoms with Crippen molar-refractivity contribution in [1.82, 2.24) is 4.90 Å². The normalized spacial score (nSPS) is 28.4. The predicted molar refractivity (Wildman–Crippen MR) is 67.7 cm³/mol. The molecule has 0 saturated heterocycles. The minimum absolute atomic E-state index is 0.364. The summed E-state index contributed by atoms with van der Waals surface area (Å²) >= 11 is 0. The van der Waals surface area contributed by atoms with Crippen LogP contribution >= 0.6 is 0 Å². The summed E-state index contributed by atoms with van der Waals surface area (Å²) in [4.78, 5) is 14.4. The maximum absolute atomic E-state index is 12.3. The highest BCUT2D eigenvalue weighted by atomic mass is 16.5. The number of ether oxygens (including phenoxy) is 1. The van der Waals surface area contributed by atoms with E-state index in [1.54, 1.807) is 7.11 Å². The van der Waals surface area contributed by atoms with Crippen molar-refractivity contribution in [2.24, 2.45) is 11.8 Å². The molecule has 0 aromatic heterocycles. The van der Waals surface area contributed by atoms with E-state index in [-0.39, 0.29) is 0 Å². The Balaban J connectivity index is 1.88. The Labute approximate surface area is 105 Å². The molecule has 2 fully saturated rings. The van der Waals surface area contributed by atoms with Gasteiger partial charge in [0.15, 0.2) is 0 Å². The van der Waals surface area contributed by atoms with Crippen molar-refractivity contribution in [2.75, 3.05) is 20.3 Å². The summed E-state index contributed by atoms with van der Waals surface area (Å²) in [6, 6.07) is 0.478. The van der Waals surface area contributed by atoms with E-state index in [2.05, 4.69) is 11.8 Å². The fourth-order valence-electron chi connectivity index (χ4n) is 2.85. The molecular formula is C14H25NO2. The summed E-state index contributed by atoms with van der Waals surface area (Å²) in [6.45, 7) is 3.74. The van der Waals surface area contributed by atoms with Crippen LogP contribution in [0.15, 0.2) is 0 Å². The molecule has 0 radical (unpaired) electrons. The van der Waals surface area contributed by atoms with Crippen LogP contribution < -0.4 is 0 Å². The number of hydrogen-bond donors (Lipinski definition) is 0. The van der Waals surface area contributed by atoms with Gasteiger partial charge < -0.3 is 9.64 Å². The van der Waals surface area contributed by atoms with Gasteiger partial charge in [0.05, 0.1) is 6.61 Å². The zero-order valence-corrected chi connectivity index (χ0v) is 11.2. The molecule has 0 aromatic carbocycles. The highest BCUT2D eigenvalue weighted by Crippen LogP contribution is 2.35. The van der Waals surface area contributed by atoms with E-state index in [0.29, 0.717) is 24.5 Å². The summed E-state index contributed by atoms with van der Waals surface area (Å²) < 4.78 is 5.14. The van der Waals surface area contributed by atoms with Crippen molar-refractivity contribution >= 4 is 5.91 Å². The second-order valence-electron chi connectivity index (χ2n) is 5.80. The molecule has 3 nitrogen and oxygen atoms in total. The van der Waals surface area contributed by atoms with Crippen LogP contribution in [0.25, 0.3) is 0 Å². The zero-order valence-electron chi connectivity index (χ0n) is 11.2.